The lowest BCUT2D eigenvalue weighted by molar-refractivity contribution is 0.0606. The van der Waals surface area contributed by atoms with Crippen LogP contribution in [-0.2, 0) is 6.54 Å². The summed E-state index contributed by atoms with van der Waals surface area (Å²) in [6.07, 6.45) is 1.59. The molecule has 0 spiro atoms. The molecule has 7 nitrogen and oxygen atoms in total. The van der Waals surface area contributed by atoms with Crippen molar-refractivity contribution in [2.24, 2.45) is 0 Å². The number of aliphatic hydroxyl groups is 1. The quantitative estimate of drug-likeness (QED) is 0.594. The van der Waals surface area contributed by atoms with Crippen molar-refractivity contribution in [3.8, 4) is 11.5 Å². The standard InChI is InChI=1S/C22H24N2O5/c1-4-29-14-8-9-17(19(25)12-14)20(26)23-18-7-5-6-16-15(18)10-11-24(21(16)27)13-22(2,3)28/h5-12,25,28H,4,13H2,1-3H3,(H,23,26). The summed E-state index contributed by atoms with van der Waals surface area (Å²) in [5, 5.41) is 23.9. The summed E-state index contributed by atoms with van der Waals surface area (Å²) in [6.45, 7) is 5.69. The Bertz CT molecular complexity index is 1110. The smallest absolute Gasteiger partial charge is 0.259 e. The van der Waals surface area contributed by atoms with E-state index in [2.05, 4.69) is 5.32 Å². The molecule has 0 saturated heterocycles. The highest BCUT2D eigenvalue weighted by Gasteiger charge is 2.17. The van der Waals surface area contributed by atoms with E-state index in [9.17, 15) is 19.8 Å². The summed E-state index contributed by atoms with van der Waals surface area (Å²) < 4.78 is 6.75. The van der Waals surface area contributed by atoms with E-state index in [1.807, 2.05) is 6.92 Å². The number of phenols is 1. The number of amides is 1. The molecule has 0 aliphatic heterocycles. The second kappa shape index (κ2) is 7.97. The Morgan fingerprint density at radius 3 is 2.59 bits per heavy atom. The zero-order chi connectivity index (χ0) is 21.2. The summed E-state index contributed by atoms with van der Waals surface area (Å²) in [7, 11) is 0. The van der Waals surface area contributed by atoms with Gasteiger partial charge >= 0.3 is 0 Å². The third-order valence-corrected chi connectivity index (χ3v) is 4.35. The normalized spacial score (nSPS) is 11.4. The van der Waals surface area contributed by atoms with Crippen molar-refractivity contribution in [2.45, 2.75) is 32.9 Å². The number of benzene rings is 2. The van der Waals surface area contributed by atoms with Gasteiger partial charge in [-0.2, -0.15) is 0 Å². The van der Waals surface area contributed by atoms with E-state index in [0.29, 0.717) is 28.8 Å². The van der Waals surface area contributed by atoms with Crippen LogP contribution in [0.1, 0.15) is 31.1 Å². The number of hydrogen-bond donors (Lipinski definition) is 3. The molecule has 1 amide bonds. The summed E-state index contributed by atoms with van der Waals surface area (Å²) >= 11 is 0. The molecule has 7 heteroatoms. The minimum atomic E-state index is -1.03. The fourth-order valence-electron chi connectivity index (χ4n) is 3.12. The molecular weight excluding hydrogens is 372 g/mol. The minimum Gasteiger partial charge on any atom is -0.507 e. The molecular formula is C22H24N2O5. The number of carbonyl (C=O) groups is 1. The van der Waals surface area contributed by atoms with Crippen LogP contribution in [0.15, 0.2) is 53.5 Å². The van der Waals surface area contributed by atoms with E-state index in [1.54, 1.807) is 50.4 Å². The molecule has 0 saturated carbocycles. The molecule has 0 radical (unpaired) electrons. The second-order valence-corrected chi connectivity index (χ2v) is 7.39. The first-order valence-electron chi connectivity index (χ1n) is 9.31. The lowest BCUT2D eigenvalue weighted by Crippen LogP contribution is -2.32. The van der Waals surface area contributed by atoms with Crippen molar-refractivity contribution < 1.29 is 19.7 Å². The van der Waals surface area contributed by atoms with Crippen molar-refractivity contribution in [3.05, 3.63) is 64.6 Å². The molecule has 0 unspecified atom stereocenters. The fourth-order valence-corrected chi connectivity index (χ4v) is 3.12. The number of hydrogen-bond acceptors (Lipinski definition) is 5. The van der Waals surface area contributed by atoms with Crippen LogP contribution < -0.4 is 15.6 Å². The average Bonchev–Trinajstić information content (AvgIpc) is 2.64. The molecule has 29 heavy (non-hydrogen) atoms. The number of nitrogens with one attached hydrogen (secondary N) is 1. The number of rotatable bonds is 6. The molecule has 2 aromatic carbocycles. The van der Waals surface area contributed by atoms with Gasteiger partial charge in [-0.15, -0.1) is 0 Å². The maximum atomic E-state index is 12.8. The van der Waals surface area contributed by atoms with E-state index in [1.165, 1.54) is 16.7 Å². The van der Waals surface area contributed by atoms with Crippen molar-refractivity contribution in [3.63, 3.8) is 0 Å². The molecule has 0 aliphatic carbocycles. The van der Waals surface area contributed by atoms with Gasteiger partial charge in [0.2, 0.25) is 0 Å². The monoisotopic (exact) mass is 396 g/mol. The number of phenolic OH excluding ortho intramolecular Hbond substituents is 1. The first kappa shape index (κ1) is 20.4. The maximum Gasteiger partial charge on any atom is 0.259 e. The molecule has 152 valence electrons. The molecule has 3 N–H and O–H groups in total. The van der Waals surface area contributed by atoms with Gasteiger partial charge in [-0.1, -0.05) is 6.07 Å². The average molecular weight is 396 g/mol. The van der Waals surface area contributed by atoms with Crippen LogP contribution >= 0.6 is 0 Å². The van der Waals surface area contributed by atoms with Crippen molar-refractivity contribution in [1.82, 2.24) is 4.57 Å². The zero-order valence-corrected chi connectivity index (χ0v) is 16.6. The second-order valence-electron chi connectivity index (χ2n) is 7.39. The maximum absolute atomic E-state index is 12.8. The van der Waals surface area contributed by atoms with Crippen molar-refractivity contribution >= 4 is 22.4 Å². The molecule has 3 rings (SSSR count). The van der Waals surface area contributed by atoms with Gasteiger partial charge in [0.15, 0.2) is 0 Å². The highest BCUT2D eigenvalue weighted by atomic mass is 16.5. The Morgan fingerprint density at radius 1 is 1.17 bits per heavy atom. The Labute approximate surface area is 168 Å². The topological polar surface area (TPSA) is 101 Å². The summed E-state index contributed by atoms with van der Waals surface area (Å²) in [4.78, 5) is 25.4. The molecule has 3 aromatic rings. The van der Waals surface area contributed by atoms with Crippen LogP contribution in [0.25, 0.3) is 10.8 Å². The first-order chi connectivity index (χ1) is 13.7. The van der Waals surface area contributed by atoms with Gasteiger partial charge in [0.25, 0.3) is 11.5 Å². The molecule has 0 atom stereocenters. The first-order valence-corrected chi connectivity index (χ1v) is 9.31. The third kappa shape index (κ3) is 4.57. The van der Waals surface area contributed by atoms with E-state index in [-0.39, 0.29) is 23.4 Å². The van der Waals surface area contributed by atoms with E-state index >= 15 is 0 Å². The van der Waals surface area contributed by atoms with Gasteiger partial charge in [0, 0.05) is 28.7 Å². The predicted octanol–water partition coefficient (Wildman–Crippen LogP) is 3.13. The molecule has 1 aromatic heterocycles. The molecule has 0 fully saturated rings. The number of fused-ring (bicyclic) bond motifs is 1. The molecule has 1 heterocycles. The number of aromatic nitrogens is 1. The lowest BCUT2D eigenvalue weighted by atomic mass is 10.1. The number of aromatic hydroxyl groups is 1. The zero-order valence-electron chi connectivity index (χ0n) is 16.6. The number of nitrogens with zero attached hydrogens (tertiary/aromatic N) is 1. The van der Waals surface area contributed by atoms with Crippen LogP contribution in [0.3, 0.4) is 0 Å². The minimum absolute atomic E-state index is 0.0980. The number of ether oxygens (including phenoxy) is 1. The predicted molar refractivity (Wildman–Crippen MR) is 112 cm³/mol. The number of anilines is 1. The van der Waals surface area contributed by atoms with Crippen LogP contribution in [0.2, 0.25) is 0 Å². The number of pyridine rings is 1. The highest BCUT2D eigenvalue weighted by Crippen LogP contribution is 2.26. The Kier molecular flexibility index (Phi) is 5.61. The number of carbonyl (C=O) groups excluding carboxylic acids is 1. The summed E-state index contributed by atoms with van der Waals surface area (Å²) in [5.41, 5.74) is -0.743. The Hall–Kier alpha value is -3.32. The van der Waals surface area contributed by atoms with Crippen molar-refractivity contribution in [2.75, 3.05) is 11.9 Å². The van der Waals surface area contributed by atoms with Gasteiger partial charge < -0.3 is 24.8 Å². The SMILES string of the molecule is CCOc1ccc(C(=O)Nc2cccc3c(=O)n(CC(C)(C)O)ccc23)c(O)c1. The van der Waals surface area contributed by atoms with Crippen LogP contribution in [0.5, 0.6) is 11.5 Å². The third-order valence-electron chi connectivity index (χ3n) is 4.35. The van der Waals surface area contributed by atoms with Gasteiger partial charge in [-0.05, 0) is 51.1 Å². The Balaban J connectivity index is 1.94. The molecule has 0 aliphatic rings. The van der Waals surface area contributed by atoms with E-state index in [0.717, 1.165) is 0 Å². The van der Waals surface area contributed by atoms with Crippen LogP contribution in [0, 0.1) is 0 Å². The highest BCUT2D eigenvalue weighted by molar-refractivity contribution is 6.10. The van der Waals surface area contributed by atoms with E-state index in [4.69, 9.17) is 4.74 Å². The van der Waals surface area contributed by atoms with Crippen molar-refractivity contribution in [1.29, 1.82) is 0 Å². The lowest BCUT2D eigenvalue weighted by Gasteiger charge is -2.19. The summed E-state index contributed by atoms with van der Waals surface area (Å²) in [5.74, 6) is -0.223. The van der Waals surface area contributed by atoms with E-state index < -0.39 is 11.5 Å². The van der Waals surface area contributed by atoms with Gasteiger partial charge in [0.1, 0.15) is 11.5 Å². The van der Waals surface area contributed by atoms with Crippen LogP contribution in [0.4, 0.5) is 5.69 Å². The van der Waals surface area contributed by atoms with Gasteiger partial charge in [0.05, 0.1) is 24.3 Å². The molecule has 0 bridgehead atoms. The van der Waals surface area contributed by atoms with Gasteiger partial charge in [-0.25, -0.2) is 0 Å². The van der Waals surface area contributed by atoms with Crippen LogP contribution in [-0.4, -0.2) is 32.9 Å². The summed E-state index contributed by atoms with van der Waals surface area (Å²) in [6, 6.07) is 11.2. The Morgan fingerprint density at radius 2 is 1.93 bits per heavy atom. The van der Waals surface area contributed by atoms with Gasteiger partial charge in [-0.3, -0.25) is 9.59 Å². The largest absolute Gasteiger partial charge is 0.507 e. The fraction of sp³-hybridized carbons (Fsp3) is 0.273.